The molecule has 2 aliphatic heterocycles. The van der Waals surface area contributed by atoms with Gasteiger partial charge in [-0.3, -0.25) is 24.1 Å². The maximum atomic E-state index is 13.3. The van der Waals surface area contributed by atoms with Gasteiger partial charge in [0.25, 0.3) is 0 Å². The van der Waals surface area contributed by atoms with Crippen LogP contribution in [0.4, 0.5) is 11.4 Å². The number of β-lactam (4-membered cyclic amide) rings is 1. The highest BCUT2D eigenvalue weighted by Gasteiger charge is 2.59. The number of amides is 3. The molecular weight excluding hydrogens is 574 g/mol. The largest absolute Gasteiger partial charge is 0.481 e. The number of hydrogen-bond acceptors (Lipinski definition) is 12. The minimum absolute atomic E-state index is 0.00286. The van der Waals surface area contributed by atoms with Crippen LogP contribution >= 0.6 is 23.5 Å². The number of rotatable bonds is 12. The summed E-state index contributed by atoms with van der Waals surface area (Å²) < 4.78 is 23.8. The first-order valence-electron chi connectivity index (χ1n) is 11.4. The summed E-state index contributed by atoms with van der Waals surface area (Å²) in [6.45, 7) is -0.548. The zero-order valence-corrected chi connectivity index (χ0v) is 22.7. The molecular formula is C20H25N9O7S3. The van der Waals surface area contributed by atoms with Gasteiger partial charge in [-0.2, -0.15) is 0 Å². The van der Waals surface area contributed by atoms with E-state index >= 15 is 0 Å². The van der Waals surface area contributed by atoms with Gasteiger partial charge in [0.1, 0.15) is 16.8 Å². The number of thioether (sulfide) groups is 2. The number of carbonyl (C=O) groups is 4. The van der Waals surface area contributed by atoms with E-state index in [4.69, 9.17) is 10.9 Å². The Morgan fingerprint density at radius 3 is 2.67 bits per heavy atom. The van der Waals surface area contributed by atoms with Crippen LogP contribution in [0.3, 0.4) is 0 Å². The summed E-state index contributed by atoms with van der Waals surface area (Å²) in [6, 6.07) is 5.46. The van der Waals surface area contributed by atoms with E-state index in [9.17, 15) is 32.7 Å². The molecule has 210 valence electrons. The predicted molar refractivity (Wildman–Crippen MR) is 141 cm³/mol. The molecule has 3 amide bonds. The number of aliphatic carboxylic acids is 1. The lowest BCUT2D eigenvalue weighted by molar-refractivity contribution is -0.156. The number of anilines is 2. The van der Waals surface area contributed by atoms with Gasteiger partial charge in [-0.1, -0.05) is 11.8 Å². The molecule has 0 radical (unpaired) electrons. The number of primary sulfonamides is 1. The number of fused-ring (bicyclic) bond motifs is 1. The second kappa shape index (κ2) is 11.5. The van der Waals surface area contributed by atoms with Gasteiger partial charge in [-0.05, 0) is 34.7 Å². The average molecular weight is 600 g/mol. The summed E-state index contributed by atoms with van der Waals surface area (Å²) in [7, 11) is -3.76. The third-order valence-electron chi connectivity index (χ3n) is 6.23. The molecule has 6 N–H and O–H groups in total. The van der Waals surface area contributed by atoms with E-state index in [2.05, 4.69) is 20.8 Å². The fourth-order valence-corrected chi connectivity index (χ4v) is 7.42. The fourth-order valence-electron chi connectivity index (χ4n) is 4.19. The Bertz CT molecular complexity index is 1370. The number of nitrogens with two attached hydrogens (primary N) is 2. The van der Waals surface area contributed by atoms with E-state index < -0.39 is 50.4 Å². The predicted octanol–water partition coefficient (Wildman–Crippen LogP) is -2.03. The Morgan fingerprint density at radius 1 is 1.33 bits per heavy atom. The molecule has 2 saturated heterocycles. The lowest BCUT2D eigenvalue weighted by Crippen LogP contribution is -2.75. The normalized spacial score (nSPS) is 22.5. The number of carboxylic acids is 1. The van der Waals surface area contributed by atoms with Gasteiger partial charge in [-0.25, -0.2) is 18.2 Å². The van der Waals surface area contributed by atoms with Gasteiger partial charge in [0.05, 0.1) is 18.8 Å². The van der Waals surface area contributed by atoms with E-state index in [1.807, 2.05) is 0 Å². The first-order chi connectivity index (χ1) is 18.5. The number of tetrazole rings is 1. The monoisotopic (exact) mass is 599 g/mol. The highest BCUT2D eigenvalue weighted by Crippen LogP contribution is 2.46. The van der Waals surface area contributed by atoms with Crippen molar-refractivity contribution in [2.24, 2.45) is 16.3 Å². The molecule has 0 bridgehead atoms. The molecule has 16 nitrogen and oxygen atoms in total. The van der Waals surface area contributed by atoms with Gasteiger partial charge in [0.2, 0.25) is 33.4 Å². The van der Waals surface area contributed by atoms with Crippen molar-refractivity contribution in [2.75, 3.05) is 40.6 Å². The molecule has 4 rings (SSSR count). The molecule has 0 aliphatic carbocycles. The van der Waals surface area contributed by atoms with E-state index in [-0.39, 0.29) is 36.3 Å². The Kier molecular flexibility index (Phi) is 8.45. The third kappa shape index (κ3) is 6.01. The first-order valence-corrected chi connectivity index (χ1v) is 15.1. The molecule has 0 saturated carbocycles. The minimum Gasteiger partial charge on any atom is -0.481 e. The molecule has 39 heavy (non-hydrogen) atoms. The van der Waals surface area contributed by atoms with Gasteiger partial charge < -0.3 is 21.1 Å². The molecule has 0 spiro atoms. The van der Waals surface area contributed by atoms with Crippen LogP contribution in [0.5, 0.6) is 0 Å². The van der Waals surface area contributed by atoms with Crippen LogP contribution in [0.2, 0.25) is 0 Å². The van der Waals surface area contributed by atoms with Gasteiger partial charge in [0, 0.05) is 29.4 Å². The second-order valence-electron chi connectivity index (χ2n) is 8.82. The number of carbonyl (C=O) groups excluding carboxylic acids is 3. The molecule has 2 aromatic rings. The molecule has 2 fully saturated rings. The van der Waals surface area contributed by atoms with Gasteiger partial charge in [0.15, 0.2) is 0 Å². The molecule has 3 atom stereocenters. The van der Waals surface area contributed by atoms with E-state index in [1.165, 1.54) is 26.2 Å². The molecule has 3 heterocycles. The summed E-state index contributed by atoms with van der Waals surface area (Å²) >= 11 is 2.27. The van der Waals surface area contributed by atoms with Crippen molar-refractivity contribution in [2.45, 2.75) is 23.1 Å². The SMILES string of the molecule is NCC(=O)N(c1ccc(NC=O)cc1)C1C(=O)N2CC(CSc3nnnn3CCS(N)(=O)=O)(C(=O)O)CS[C@H]12. The van der Waals surface area contributed by atoms with Crippen molar-refractivity contribution >= 4 is 69.1 Å². The Balaban J connectivity index is 1.49. The van der Waals surface area contributed by atoms with Crippen molar-refractivity contribution < 1.29 is 32.7 Å². The Labute approximate surface area is 230 Å². The second-order valence-corrected chi connectivity index (χ2v) is 12.6. The van der Waals surface area contributed by atoms with Crippen molar-refractivity contribution in [3.05, 3.63) is 24.3 Å². The van der Waals surface area contributed by atoms with Crippen LogP contribution in [0, 0.1) is 5.41 Å². The number of aromatic nitrogens is 4. The summed E-state index contributed by atoms with van der Waals surface area (Å²) in [5.41, 5.74) is 5.19. The van der Waals surface area contributed by atoms with Crippen LogP contribution in [0.25, 0.3) is 0 Å². The highest BCUT2D eigenvalue weighted by atomic mass is 32.2. The van der Waals surface area contributed by atoms with E-state index in [1.54, 1.807) is 24.3 Å². The lowest BCUT2D eigenvalue weighted by atomic mass is 9.89. The number of hydrogen-bond donors (Lipinski definition) is 4. The number of nitrogens with one attached hydrogen (secondary N) is 1. The van der Waals surface area contributed by atoms with Crippen LogP contribution in [0.15, 0.2) is 29.4 Å². The molecule has 1 aromatic heterocycles. The van der Waals surface area contributed by atoms with Crippen LogP contribution in [-0.2, 0) is 35.7 Å². The average Bonchev–Trinajstić information content (AvgIpc) is 3.36. The zero-order valence-electron chi connectivity index (χ0n) is 20.2. The fraction of sp³-hybridized carbons (Fsp3) is 0.450. The van der Waals surface area contributed by atoms with Crippen LogP contribution in [-0.4, -0.2) is 105 Å². The van der Waals surface area contributed by atoms with E-state index in [0.717, 1.165) is 11.8 Å². The summed E-state index contributed by atoms with van der Waals surface area (Å²) in [4.78, 5) is 51.9. The molecule has 19 heteroatoms. The van der Waals surface area contributed by atoms with Gasteiger partial charge in [-0.15, -0.1) is 16.9 Å². The summed E-state index contributed by atoms with van der Waals surface area (Å²) in [5, 5.41) is 28.5. The number of aryl methyl sites for hydroxylation is 1. The highest BCUT2D eigenvalue weighted by molar-refractivity contribution is 8.00. The Hall–Kier alpha value is -3.26. The summed E-state index contributed by atoms with van der Waals surface area (Å²) in [6.07, 6.45) is 0.516. The van der Waals surface area contributed by atoms with Crippen molar-refractivity contribution in [3.8, 4) is 0 Å². The smallest absolute Gasteiger partial charge is 0.313 e. The number of benzene rings is 1. The topological polar surface area (TPSA) is 237 Å². The third-order valence-corrected chi connectivity index (χ3v) is 9.80. The van der Waals surface area contributed by atoms with Crippen LogP contribution < -0.4 is 21.1 Å². The van der Waals surface area contributed by atoms with E-state index in [0.29, 0.717) is 17.8 Å². The van der Waals surface area contributed by atoms with Crippen LogP contribution in [0.1, 0.15) is 0 Å². The van der Waals surface area contributed by atoms with Gasteiger partial charge >= 0.3 is 5.97 Å². The van der Waals surface area contributed by atoms with Crippen molar-refractivity contribution in [3.63, 3.8) is 0 Å². The lowest BCUT2D eigenvalue weighted by Gasteiger charge is -2.56. The summed E-state index contributed by atoms with van der Waals surface area (Å²) in [5.74, 6) is -2.28. The standard InChI is InChI=1S/C20H25N9O7S3/c21-7-14(31)29(13-3-1-12(2-4-13)23-11-30)15-16(32)27-8-20(18(33)34,9-37-17(15)27)10-38-19-24-25-26-28(19)5-6-39(22,35)36/h1-4,11,15,17H,5-10,21H2,(H,23,30)(H,33,34)(H2,22,35,36)/t15?,17-,20?/m1/s1. The quantitative estimate of drug-likeness (QED) is 0.117. The first kappa shape index (κ1) is 28.7. The molecule has 1 aromatic carbocycles. The minimum atomic E-state index is -3.76. The number of nitrogens with zero attached hydrogens (tertiary/aromatic N) is 6. The number of carboxylic acid groups (broad SMARTS) is 1. The van der Waals surface area contributed by atoms with Crippen molar-refractivity contribution in [1.82, 2.24) is 25.1 Å². The molecule has 2 unspecified atom stereocenters. The molecule has 2 aliphatic rings. The number of sulfonamides is 1. The zero-order chi connectivity index (χ0) is 28.4. The van der Waals surface area contributed by atoms with Crippen molar-refractivity contribution in [1.29, 1.82) is 0 Å². The Morgan fingerprint density at radius 2 is 2.05 bits per heavy atom. The maximum Gasteiger partial charge on any atom is 0.313 e. The maximum absolute atomic E-state index is 13.3.